The molecule has 1 aromatic heterocycles. The van der Waals surface area contributed by atoms with E-state index in [9.17, 15) is 4.79 Å². The molecular weight excluding hydrogens is 262 g/mol. The van der Waals surface area contributed by atoms with E-state index < -0.39 is 5.97 Å². The number of carbonyl (C=O) groups excluding carboxylic acids is 1. The van der Waals surface area contributed by atoms with Gasteiger partial charge in [-0.05, 0) is 25.1 Å². The molecule has 19 heavy (non-hydrogen) atoms. The van der Waals surface area contributed by atoms with Crippen LogP contribution in [0.2, 0.25) is 0 Å². The Morgan fingerprint density at radius 3 is 2.95 bits per heavy atom. The number of carbonyl (C=O) groups is 1. The van der Waals surface area contributed by atoms with Gasteiger partial charge in [-0.1, -0.05) is 0 Å². The molecule has 0 unspecified atom stereocenters. The van der Waals surface area contributed by atoms with Gasteiger partial charge < -0.3 is 15.8 Å². The van der Waals surface area contributed by atoms with Crippen molar-refractivity contribution in [2.24, 2.45) is 0 Å². The molecule has 0 amide bonds. The van der Waals surface area contributed by atoms with E-state index in [1.165, 1.54) is 7.11 Å². The van der Waals surface area contributed by atoms with E-state index in [1.54, 1.807) is 23.5 Å². The second-order valence-corrected chi connectivity index (χ2v) is 5.07. The summed E-state index contributed by atoms with van der Waals surface area (Å²) in [6, 6.07) is 5.18. The van der Waals surface area contributed by atoms with Crippen LogP contribution in [0.15, 0.2) is 23.6 Å². The van der Waals surface area contributed by atoms with Gasteiger partial charge in [0.25, 0.3) is 0 Å². The molecule has 0 fully saturated rings. The van der Waals surface area contributed by atoms with Gasteiger partial charge in [-0.3, -0.25) is 0 Å². The summed E-state index contributed by atoms with van der Waals surface area (Å²) < 4.78 is 4.68. The molecule has 0 aliphatic carbocycles. The minimum absolute atomic E-state index is 0.363. The molecule has 0 bridgehead atoms. The van der Waals surface area contributed by atoms with Gasteiger partial charge in [-0.2, -0.15) is 0 Å². The zero-order chi connectivity index (χ0) is 13.8. The number of nitrogens with two attached hydrogens (primary N) is 1. The van der Waals surface area contributed by atoms with E-state index in [1.807, 2.05) is 18.4 Å². The third-order valence-electron chi connectivity index (χ3n) is 2.60. The molecule has 2 aromatic rings. The average Bonchev–Trinajstić information content (AvgIpc) is 2.83. The highest BCUT2D eigenvalue weighted by molar-refractivity contribution is 7.09. The Morgan fingerprint density at radius 2 is 2.32 bits per heavy atom. The first-order valence-electron chi connectivity index (χ1n) is 5.73. The van der Waals surface area contributed by atoms with Crippen LogP contribution in [0.3, 0.4) is 0 Å². The van der Waals surface area contributed by atoms with Crippen molar-refractivity contribution >= 4 is 28.7 Å². The summed E-state index contributed by atoms with van der Waals surface area (Å²) in [7, 11) is 1.33. The molecule has 0 saturated heterocycles. The SMILES string of the molecule is COC(=O)c1cc(NCc2csc(C)n2)ccc1N. The molecule has 2 rings (SSSR count). The highest BCUT2D eigenvalue weighted by Crippen LogP contribution is 2.19. The first-order valence-corrected chi connectivity index (χ1v) is 6.61. The van der Waals surface area contributed by atoms with Crippen molar-refractivity contribution in [1.82, 2.24) is 4.98 Å². The lowest BCUT2D eigenvalue weighted by atomic mass is 10.1. The first kappa shape index (κ1) is 13.4. The lowest BCUT2D eigenvalue weighted by Crippen LogP contribution is -2.07. The summed E-state index contributed by atoms with van der Waals surface area (Å²) in [5.41, 5.74) is 8.28. The summed E-state index contributed by atoms with van der Waals surface area (Å²) in [5.74, 6) is -0.439. The zero-order valence-corrected chi connectivity index (χ0v) is 11.6. The first-order chi connectivity index (χ1) is 9.10. The average molecular weight is 277 g/mol. The van der Waals surface area contributed by atoms with Gasteiger partial charge in [0, 0.05) is 16.8 Å². The molecule has 100 valence electrons. The highest BCUT2D eigenvalue weighted by Gasteiger charge is 2.10. The second kappa shape index (κ2) is 5.71. The fourth-order valence-electron chi connectivity index (χ4n) is 1.64. The number of thiazole rings is 1. The van der Waals surface area contributed by atoms with E-state index in [0.29, 0.717) is 17.8 Å². The predicted molar refractivity (Wildman–Crippen MR) is 76.4 cm³/mol. The van der Waals surface area contributed by atoms with Crippen LogP contribution in [-0.4, -0.2) is 18.1 Å². The number of aryl methyl sites for hydroxylation is 1. The van der Waals surface area contributed by atoms with Crippen molar-refractivity contribution < 1.29 is 9.53 Å². The number of ether oxygens (including phenoxy) is 1. The van der Waals surface area contributed by atoms with Crippen LogP contribution in [0, 0.1) is 6.92 Å². The van der Waals surface area contributed by atoms with E-state index >= 15 is 0 Å². The standard InChI is InChI=1S/C13H15N3O2S/c1-8-16-10(7-19-8)6-15-9-3-4-12(14)11(5-9)13(17)18-2/h3-5,7,15H,6,14H2,1-2H3. The van der Waals surface area contributed by atoms with E-state index in [-0.39, 0.29) is 0 Å². The van der Waals surface area contributed by atoms with Crippen LogP contribution in [0.1, 0.15) is 21.1 Å². The number of benzene rings is 1. The molecule has 0 aliphatic heterocycles. The number of nitrogens with zero attached hydrogens (tertiary/aromatic N) is 1. The van der Waals surface area contributed by atoms with Gasteiger partial charge in [0.2, 0.25) is 0 Å². The van der Waals surface area contributed by atoms with Gasteiger partial charge in [0.1, 0.15) is 0 Å². The molecule has 6 heteroatoms. The summed E-state index contributed by atoms with van der Waals surface area (Å²) in [4.78, 5) is 15.9. The van der Waals surface area contributed by atoms with Gasteiger partial charge >= 0.3 is 5.97 Å². The smallest absolute Gasteiger partial charge is 0.340 e. The summed E-state index contributed by atoms with van der Waals surface area (Å²) in [6.45, 7) is 2.57. The third kappa shape index (κ3) is 3.23. The number of anilines is 2. The number of methoxy groups -OCH3 is 1. The Labute approximate surface area is 115 Å². The summed E-state index contributed by atoms with van der Waals surface area (Å²) >= 11 is 1.61. The van der Waals surface area contributed by atoms with Gasteiger partial charge in [-0.25, -0.2) is 9.78 Å². The van der Waals surface area contributed by atoms with Crippen LogP contribution in [0.25, 0.3) is 0 Å². The topological polar surface area (TPSA) is 77.2 Å². The van der Waals surface area contributed by atoms with Crippen LogP contribution < -0.4 is 11.1 Å². The van der Waals surface area contributed by atoms with Crippen molar-refractivity contribution in [1.29, 1.82) is 0 Å². The molecule has 0 spiro atoms. The molecule has 1 aromatic carbocycles. The molecule has 0 aliphatic rings. The number of rotatable bonds is 4. The fourth-order valence-corrected chi connectivity index (χ4v) is 2.25. The lowest BCUT2D eigenvalue weighted by molar-refractivity contribution is 0.0602. The van der Waals surface area contributed by atoms with E-state index in [0.717, 1.165) is 16.4 Å². The van der Waals surface area contributed by atoms with Crippen LogP contribution in [0.4, 0.5) is 11.4 Å². The number of aromatic nitrogens is 1. The minimum atomic E-state index is -0.439. The predicted octanol–water partition coefficient (Wildman–Crippen LogP) is 2.43. The van der Waals surface area contributed by atoms with Gasteiger partial charge in [0.15, 0.2) is 0 Å². The van der Waals surface area contributed by atoms with Crippen molar-refractivity contribution in [3.05, 3.63) is 39.8 Å². The van der Waals surface area contributed by atoms with Crippen LogP contribution in [-0.2, 0) is 11.3 Å². The van der Waals surface area contributed by atoms with Crippen molar-refractivity contribution in [2.45, 2.75) is 13.5 Å². The molecule has 1 heterocycles. The summed E-state index contributed by atoms with van der Waals surface area (Å²) in [5, 5.41) is 6.23. The normalized spacial score (nSPS) is 10.2. The molecule has 0 atom stereocenters. The number of nitrogen functional groups attached to an aromatic ring is 1. The van der Waals surface area contributed by atoms with E-state index in [4.69, 9.17) is 5.73 Å². The van der Waals surface area contributed by atoms with Crippen LogP contribution in [0.5, 0.6) is 0 Å². The van der Waals surface area contributed by atoms with E-state index in [2.05, 4.69) is 15.0 Å². The maximum Gasteiger partial charge on any atom is 0.340 e. The minimum Gasteiger partial charge on any atom is -0.465 e. The third-order valence-corrected chi connectivity index (χ3v) is 3.42. The van der Waals surface area contributed by atoms with Gasteiger partial charge in [0.05, 0.1) is 29.9 Å². The fraction of sp³-hybridized carbons (Fsp3) is 0.231. The Morgan fingerprint density at radius 1 is 1.53 bits per heavy atom. The molecule has 3 N–H and O–H groups in total. The second-order valence-electron chi connectivity index (χ2n) is 4.01. The molecular formula is C13H15N3O2S. The number of hydrogen-bond donors (Lipinski definition) is 2. The largest absolute Gasteiger partial charge is 0.465 e. The quantitative estimate of drug-likeness (QED) is 0.663. The monoisotopic (exact) mass is 277 g/mol. The zero-order valence-electron chi connectivity index (χ0n) is 10.8. The Balaban J connectivity index is 2.10. The molecule has 0 saturated carbocycles. The molecule has 5 nitrogen and oxygen atoms in total. The number of nitrogens with one attached hydrogen (secondary N) is 1. The molecule has 0 radical (unpaired) electrons. The lowest BCUT2D eigenvalue weighted by Gasteiger charge is -2.08. The number of hydrogen-bond acceptors (Lipinski definition) is 6. The van der Waals surface area contributed by atoms with Crippen LogP contribution >= 0.6 is 11.3 Å². The Kier molecular flexibility index (Phi) is 4.01. The van der Waals surface area contributed by atoms with Gasteiger partial charge in [-0.15, -0.1) is 11.3 Å². The summed E-state index contributed by atoms with van der Waals surface area (Å²) in [6.07, 6.45) is 0. The van der Waals surface area contributed by atoms with Crippen molar-refractivity contribution in [2.75, 3.05) is 18.2 Å². The van der Waals surface area contributed by atoms with Crippen molar-refractivity contribution in [3.63, 3.8) is 0 Å². The Bertz CT molecular complexity index is 595. The van der Waals surface area contributed by atoms with Crippen molar-refractivity contribution in [3.8, 4) is 0 Å². The maximum atomic E-state index is 11.5. The highest BCUT2D eigenvalue weighted by atomic mass is 32.1. The number of esters is 1. The Hall–Kier alpha value is -2.08. The maximum absolute atomic E-state index is 11.5.